The third kappa shape index (κ3) is 7.92. The van der Waals surface area contributed by atoms with Gasteiger partial charge in [-0.15, -0.1) is 0 Å². The molecule has 0 aliphatic carbocycles. The highest BCUT2D eigenvalue weighted by Gasteiger charge is 2.21. The van der Waals surface area contributed by atoms with Gasteiger partial charge in [-0.1, -0.05) is 231 Å². The van der Waals surface area contributed by atoms with E-state index in [-0.39, 0.29) is 0 Å². The van der Waals surface area contributed by atoms with Gasteiger partial charge >= 0.3 is 0 Å². The molecular formula is C70H48N2. The van der Waals surface area contributed by atoms with Crippen molar-refractivity contribution < 1.29 is 0 Å². The van der Waals surface area contributed by atoms with Gasteiger partial charge in [-0.3, -0.25) is 0 Å². The Morgan fingerprint density at radius 2 is 0.653 bits per heavy atom. The lowest BCUT2D eigenvalue weighted by atomic mass is 9.95. The minimum Gasteiger partial charge on any atom is -0.309 e. The molecular weight excluding hydrogens is 869 g/mol. The van der Waals surface area contributed by atoms with E-state index in [1.165, 1.54) is 66.1 Å². The van der Waals surface area contributed by atoms with Crippen LogP contribution in [0.4, 0.5) is 17.1 Å². The zero-order valence-electron chi connectivity index (χ0n) is 39.6. The Morgan fingerprint density at radius 3 is 1.25 bits per heavy atom. The van der Waals surface area contributed by atoms with Crippen molar-refractivity contribution in [3.63, 3.8) is 0 Å². The Labute approximate surface area is 420 Å². The highest BCUT2D eigenvalue weighted by molar-refractivity contribution is 6.11. The molecule has 2 heteroatoms. The zero-order chi connectivity index (χ0) is 47.8. The predicted molar refractivity (Wildman–Crippen MR) is 306 cm³/mol. The summed E-state index contributed by atoms with van der Waals surface area (Å²) in [6.45, 7) is 0. The van der Waals surface area contributed by atoms with Crippen LogP contribution >= 0.6 is 0 Å². The van der Waals surface area contributed by atoms with E-state index < -0.39 is 0 Å². The molecule has 72 heavy (non-hydrogen) atoms. The van der Waals surface area contributed by atoms with Crippen LogP contribution in [0.3, 0.4) is 0 Å². The summed E-state index contributed by atoms with van der Waals surface area (Å²) in [5.41, 5.74) is 20.9. The molecule has 0 spiro atoms. The number of para-hydroxylation sites is 2. The van der Waals surface area contributed by atoms with E-state index in [4.69, 9.17) is 0 Å². The van der Waals surface area contributed by atoms with Crippen LogP contribution in [0.25, 0.3) is 105 Å². The first-order valence-electron chi connectivity index (χ1n) is 24.7. The Balaban J connectivity index is 0.963. The third-order valence-electron chi connectivity index (χ3n) is 14.2. The van der Waals surface area contributed by atoms with Crippen molar-refractivity contribution in [3.8, 4) is 72.4 Å². The van der Waals surface area contributed by atoms with Crippen LogP contribution in [0.5, 0.6) is 0 Å². The summed E-state index contributed by atoms with van der Waals surface area (Å²) in [5, 5.41) is 4.81. The molecule has 13 rings (SSSR count). The average Bonchev–Trinajstić information content (AvgIpc) is 3.80. The highest BCUT2D eigenvalue weighted by atomic mass is 15.1. The topological polar surface area (TPSA) is 8.17 Å². The van der Waals surface area contributed by atoms with E-state index in [1.807, 2.05) is 0 Å². The number of rotatable bonds is 10. The van der Waals surface area contributed by atoms with Crippen molar-refractivity contribution in [2.45, 2.75) is 0 Å². The van der Waals surface area contributed by atoms with Gasteiger partial charge in [0.15, 0.2) is 0 Å². The number of benzene rings is 12. The summed E-state index contributed by atoms with van der Waals surface area (Å²) >= 11 is 0. The van der Waals surface area contributed by atoms with E-state index in [9.17, 15) is 0 Å². The molecule has 0 fully saturated rings. The van der Waals surface area contributed by atoms with E-state index in [2.05, 4.69) is 301 Å². The summed E-state index contributed by atoms with van der Waals surface area (Å²) in [7, 11) is 0. The summed E-state index contributed by atoms with van der Waals surface area (Å²) in [5.74, 6) is 0. The molecule has 0 bridgehead atoms. The van der Waals surface area contributed by atoms with Gasteiger partial charge in [0.25, 0.3) is 0 Å². The first-order valence-corrected chi connectivity index (χ1v) is 24.7. The first-order chi connectivity index (χ1) is 35.7. The van der Waals surface area contributed by atoms with Crippen molar-refractivity contribution in [2.75, 3.05) is 4.90 Å². The second kappa shape index (κ2) is 18.4. The van der Waals surface area contributed by atoms with Crippen molar-refractivity contribution in [3.05, 3.63) is 291 Å². The maximum atomic E-state index is 2.46. The molecule has 0 saturated heterocycles. The van der Waals surface area contributed by atoms with Gasteiger partial charge in [0, 0.05) is 33.1 Å². The van der Waals surface area contributed by atoms with Crippen LogP contribution in [-0.4, -0.2) is 4.57 Å². The Kier molecular flexibility index (Phi) is 10.9. The fourth-order valence-corrected chi connectivity index (χ4v) is 10.6. The lowest BCUT2D eigenvalue weighted by Crippen LogP contribution is -2.11. The summed E-state index contributed by atoms with van der Waals surface area (Å²) in [6, 6.07) is 106. The average molecular weight is 917 g/mol. The maximum Gasteiger partial charge on any atom is 0.0541 e. The van der Waals surface area contributed by atoms with E-state index in [1.54, 1.807) is 0 Å². The molecule has 0 unspecified atom stereocenters. The van der Waals surface area contributed by atoms with Gasteiger partial charge in [-0.05, 0) is 127 Å². The molecule has 338 valence electrons. The van der Waals surface area contributed by atoms with Gasteiger partial charge in [-0.25, -0.2) is 0 Å². The van der Waals surface area contributed by atoms with Crippen LogP contribution in [0.15, 0.2) is 291 Å². The van der Waals surface area contributed by atoms with Crippen molar-refractivity contribution in [1.29, 1.82) is 0 Å². The van der Waals surface area contributed by atoms with Crippen LogP contribution in [0, 0.1) is 0 Å². The monoisotopic (exact) mass is 916 g/mol. The summed E-state index contributed by atoms with van der Waals surface area (Å²) in [6.07, 6.45) is 0. The number of anilines is 3. The Morgan fingerprint density at radius 1 is 0.236 bits per heavy atom. The smallest absolute Gasteiger partial charge is 0.0541 e. The highest BCUT2D eigenvalue weighted by Crippen LogP contribution is 2.45. The fraction of sp³-hybridized carbons (Fsp3) is 0. The molecule has 0 aliphatic heterocycles. The molecule has 0 amide bonds. The lowest BCUT2D eigenvalue weighted by Gasteiger charge is -2.29. The lowest BCUT2D eigenvalue weighted by molar-refractivity contribution is 1.18. The largest absolute Gasteiger partial charge is 0.309 e. The van der Waals surface area contributed by atoms with Crippen LogP contribution in [0.1, 0.15) is 0 Å². The van der Waals surface area contributed by atoms with Crippen LogP contribution in [-0.2, 0) is 0 Å². The molecule has 0 N–H and O–H groups in total. The van der Waals surface area contributed by atoms with E-state index in [0.717, 1.165) is 56.0 Å². The van der Waals surface area contributed by atoms with Crippen molar-refractivity contribution in [2.24, 2.45) is 0 Å². The molecule has 1 aromatic heterocycles. The van der Waals surface area contributed by atoms with Crippen LogP contribution in [0.2, 0.25) is 0 Å². The standard InChI is InChI=1S/C70H48N2/c1-4-17-49(18-5-1)52-31-35-55(36-32-52)59-45-60(56-37-33-53(34-38-56)50-19-6-2-7-20-50)47-62(46-59)72-69-29-15-13-27-65(69)66-48-58(41-44-70(66)72)64-26-12-14-28-67(64)71(68-30-16-24-57-23-10-11-25-63(57)68)61-42-39-54(40-43-61)51-21-8-3-9-22-51/h1-48H. The second-order valence-corrected chi connectivity index (χ2v) is 18.5. The molecule has 13 aromatic rings. The number of hydrogen-bond acceptors (Lipinski definition) is 1. The number of hydrogen-bond donors (Lipinski definition) is 0. The molecule has 0 saturated carbocycles. The Bertz CT molecular complexity index is 3940. The van der Waals surface area contributed by atoms with Gasteiger partial charge in [0.2, 0.25) is 0 Å². The Hall–Kier alpha value is -9.50. The van der Waals surface area contributed by atoms with Gasteiger partial charge in [0.05, 0.1) is 22.4 Å². The van der Waals surface area contributed by atoms with Crippen molar-refractivity contribution >= 4 is 49.6 Å². The SMILES string of the molecule is c1ccc(-c2ccc(-c3cc(-c4ccc(-c5ccccc5)cc4)cc(-n4c5ccccc5c5cc(-c6ccccc6N(c6ccc(-c7ccccc7)cc6)c6cccc7ccccc67)ccc54)c3)cc2)cc1. The molecule has 2 nitrogen and oxygen atoms in total. The minimum atomic E-state index is 1.09. The van der Waals surface area contributed by atoms with E-state index >= 15 is 0 Å². The molecule has 1 heterocycles. The third-order valence-corrected chi connectivity index (χ3v) is 14.2. The molecule has 0 radical (unpaired) electrons. The van der Waals surface area contributed by atoms with Crippen molar-refractivity contribution in [1.82, 2.24) is 4.57 Å². The van der Waals surface area contributed by atoms with Crippen LogP contribution < -0.4 is 4.90 Å². The number of aromatic nitrogens is 1. The van der Waals surface area contributed by atoms with Gasteiger partial charge < -0.3 is 9.47 Å². The minimum absolute atomic E-state index is 1.09. The molecule has 0 atom stereocenters. The zero-order valence-corrected chi connectivity index (χ0v) is 39.6. The number of nitrogens with zero attached hydrogens (tertiary/aromatic N) is 2. The second-order valence-electron chi connectivity index (χ2n) is 18.5. The maximum absolute atomic E-state index is 2.46. The normalized spacial score (nSPS) is 11.3. The first kappa shape index (κ1) is 42.6. The summed E-state index contributed by atoms with van der Waals surface area (Å²) < 4.78 is 2.46. The van der Waals surface area contributed by atoms with E-state index in [0.29, 0.717) is 0 Å². The summed E-state index contributed by atoms with van der Waals surface area (Å²) in [4.78, 5) is 2.44. The van der Waals surface area contributed by atoms with Gasteiger partial charge in [0.1, 0.15) is 0 Å². The predicted octanol–water partition coefficient (Wildman–Crippen LogP) is 19.4. The number of fused-ring (bicyclic) bond motifs is 4. The molecule has 0 aliphatic rings. The quantitative estimate of drug-likeness (QED) is 0.133. The van der Waals surface area contributed by atoms with Gasteiger partial charge in [-0.2, -0.15) is 0 Å². The fourth-order valence-electron chi connectivity index (χ4n) is 10.6. The molecule has 12 aromatic carbocycles.